The van der Waals surface area contributed by atoms with Crippen molar-refractivity contribution in [2.24, 2.45) is 0 Å². The Balaban J connectivity index is 2.31. The van der Waals surface area contributed by atoms with Crippen LogP contribution in [0.4, 0.5) is 16.4 Å². The lowest BCUT2D eigenvalue weighted by Gasteiger charge is -2.10. The number of esters is 1. The van der Waals surface area contributed by atoms with E-state index in [1.807, 2.05) is 0 Å². The van der Waals surface area contributed by atoms with E-state index >= 15 is 0 Å². The van der Waals surface area contributed by atoms with Gasteiger partial charge in [0.25, 0.3) is 11.6 Å². The number of carbonyl (C=O) groups is 2. The third-order valence-corrected chi connectivity index (χ3v) is 5.08. The van der Waals surface area contributed by atoms with Crippen LogP contribution in [-0.4, -0.2) is 48.0 Å². The predicted octanol–water partition coefficient (Wildman–Crippen LogP) is 3.26. The predicted molar refractivity (Wildman–Crippen MR) is 111 cm³/mol. The third kappa shape index (κ3) is 4.61. The van der Waals surface area contributed by atoms with Gasteiger partial charge >= 0.3 is 5.97 Å². The highest BCUT2D eigenvalue weighted by Gasteiger charge is 2.26. The van der Waals surface area contributed by atoms with Crippen molar-refractivity contribution < 1.29 is 19.2 Å². The molecular weight excluding hydrogens is 404 g/mol. The first-order chi connectivity index (χ1) is 13.1. The maximum Gasteiger partial charge on any atom is 0.341 e. The summed E-state index contributed by atoms with van der Waals surface area (Å²) < 4.78 is 4.82. The molecule has 0 atom stereocenters. The summed E-state index contributed by atoms with van der Waals surface area (Å²) in [5.74, 6) is -0.856. The number of rotatable bonds is 5. The van der Waals surface area contributed by atoms with Gasteiger partial charge in [-0.05, 0) is 30.8 Å². The summed E-state index contributed by atoms with van der Waals surface area (Å²) in [6.45, 7) is 1.65. The van der Waals surface area contributed by atoms with Crippen molar-refractivity contribution in [3.8, 4) is 0 Å². The van der Waals surface area contributed by atoms with Gasteiger partial charge in [-0.25, -0.2) is 4.79 Å². The minimum atomic E-state index is -0.604. The molecule has 0 fully saturated rings. The Morgan fingerprint density at radius 3 is 2.54 bits per heavy atom. The number of non-ortho nitro benzene ring substituents is 1. The molecule has 2 N–H and O–H groups in total. The summed E-state index contributed by atoms with van der Waals surface area (Å²) in [6.07, 6.45) is 0. The minimum absolute atomic E-state index is 0.0890. The van der Waals surface area contributed by atoms with Crippen molar-refractivity contribution in [1.29, 1.82) is 0 Å². The number of anilines is 2. The van der Waals surface area contributed by atoms with Gasteiger partial charge in [-0.15, -0.1) is 11.3 Å². The molecule has 148 valence electrons. The first-order valence-corrected chi connectivity index (χ1v) is 9.14. The molecule has 1 aromatic carbocycles. The summed E-state index contributed by atoms with van der Waals surface area (Å²) in [6, 6.07) is 5.82. The number of amides is 1. The molecule has 0 unspecified atom stereocenters. The molecule has 1 aromatic heterocycles. The number of nitro groups is 1. The number of carbonyl (C=O) groups excluding carboxylic acids is 2. The van der Waals surface area contributed by atoms with Gasteiger partial charge in [-0.3, -0.25) is 14.9 Å². The van der Waals surface area contributed by atoms with E-state index in [0.29, 0.717) is 21.1 Å². The smallest absolute Gasteiger partial charge is 0.341 e. The second kappa shape index (κ2) is 8.76. The number of ether oxygens (including phenoxy) is 1. The highest BCUT2D eigenvalue weighted by Crippen LogP contribution is 2.34. The standard InChI is InChI=1S/C17H18N4O5S2/c1-9-12(16(23)26-4)14(28-13(9)15(22)20(2)3)19-17(27)18-10-6-5-7-11(8-10)21(24)25/h5-8H,1-4H3,(H2,18,19,27). The van der Waals surface area contributed by atoms with E-state index < -0.39 is 10.9 Å². The van der Waals surface area contributed by atoms with E-state index in [9.17, 15) is 19.7 Å². The van der Waals surface area contributed by atoms with Gasteiger partial charge in [-0.1, -0.05) is 6.07 Å². The van der Waals surface area contributed by atoms with Crippen molar-refractivity contribution in [3.63, 3.8) is 0 Å². The van der Waals surface area contributed by atoms with E-state index in [-0.39, 0.29) is 22.3 Å². The van der Waals surface area contributed by atoms with Crippen molar-refractivity contribution in [2.75, 3.05) is 31.8 Å². The summed E-state index contributed by atoms with van der Waals surface area (Å²) >= 11 is 6.32. The Morgan fingerprint density at radius 2 is 1.96 bits per heavy atom. The Kier molecular flexibility index (Phi) is 6.65. The summed E-state index contributed by atoms with van der Waals surface area (Å²) in [5.41, 5.74) is 1.01. The maximum absolute atomic E-state index is 12.4. The Morgan fingerprint density at radius 1 is 1.29 bits per heavy atom. The fourth-order valence-corrected chi connectivity index (χ4v) is 3.82. The maximum atomic E-state index is 12.4. The van der Waals surface area contributed by atoms with Crippen LogP contribution in [0.15, 0.2) is 24.3 Å². The van der Waals surface area contributed by atoms with Crippen molar-refractivity contribution in [1.82, 2.24) is 4.90 Å². The molecule has 0 radical (unpaired) electrons. The van der Waals surface area contributed by atoms with E-state index in [2.05, 4.69) is 10.6 Å². The van der Waals surface area contributed by atoms with Gasteiger partial charge in [0.1, 0.15) is 5.00 Å². The largest absolute Gasteiger partial charge is 0.465 e. The summed E-state index contributed by atoms with van der Waals surface area (Å²) in [7, 11) is 4.47. The first-order valence-electron chi connectivity index (χ1n) is 7.91. The molecule has 2 rings (SSSR count). The second-order valence-corrected chi connectivity index (χ2v) is 7.27. The van der Waals surface area contributed by atoms with Crippen LogP contribution in [0.5, 0.6) is 0 Å². The van der Waals surface area contributed by atoms with Gasteiger partial charge in [-0.2, -0.15) is 0 Å². The highest BCUT2D eigenvalue weighted by molar-refractivity contribution is 7.80. The molecule has 9 nitrogen and oxygen atoms in total. The van der Waals surface area contributed by atoms with Gasteiger partial charge in [0.15, 0.2) is 5.11 Å². The number of nitrogens with zero attached hydrogens (tertiary/aromatic N) is 2. The number of thiophene rings is 1. The molecule has 0 spiro atoms. The van der Waals surface area contributed by atoms with Crippen LogP contribution >= 0.6 is 23.6 Å². The van der Waals surface area contributed by atoms with Crippen molar-refractivity contribution >= 4 is 56.9 Å². The number of benzene rings is 1. The summed E-state index contributed by atoms with van der Waals surface area (Å²) in [5, 5.41) is 17.0. The van der Waals surface area contributed by atoms with Crippen LogP contribution < -0.4 is 10.6 Å². The van der Waals surface area contributed by atoms with E-state index in [1.54, 1.807) is 27.1 Å². The molecule has 0 aliphatic carbocycles. The number of nitro benzene ring substituents is 1. The quantitative estimate of drug-likeness (QED) is 0.327. The average molecular weight is 422 g/mol. The molecule has 2 aromatic rings. The lowest BCUT2D eigenvalue weighted by molar-refractivity contribution is -0.384. The zero-order valence-electron chi connectivity index (χ0n) is 15.6. The third-order valence-electron chi connectivity index (χ3n) is 3.68. The van der Waals surface area contributed by atoms with Crippen LogP contribution in [0.3, 0.4) is 0 Å². The van der Waals surface area contributed by atoms with Crippen molar-refractivity contribution in [2.45, 2.75) is 6.92 Å². The van der Waals surface area contributed by atoms with Crippen LogP contribution in [0, 0.1) is 17.0 Å². The molecule has 0 bridgehead atoms. The summed E-state index contributed by atoms with van der Waals surface area (Å²) in [4.78, 5) is 36.7. The molecular formula is C17H18N4O5S2. The fourth-order valence-electron chi connectivity index (χ4n) is 2.32. The van der Waals surface area contributed by atoms with Crippen LogP contribution in [0.25, 0.3) is 0 Å². The fraction of sp³-hybridized carbons (Fsp3) is 0.235. The molecule has 0 aliphatic rings. The zero-order valence-corrected chi connectivity index (χ0v) is 17.2. The number of thiocarbonyl (C=S) groups is 1. The Bertz CT molecular complexity index is 955. The number of hydrogen-bond donors (Lipinski definition) is 2. The molecule has 11 heteroatoms. The first kappa shape index (κ1) is 21.3. The van der Waals surface area contributed by atoms with Crippen molar-refractivity contribution in [3.05, 3.63) is 50.4 Å². The van der Waals surface area contributed by atoms with Gasteiger partial charge in [0.05, 0.1) is 22.5 Å². The number of nitrogens with one attached hydrogen (secondary N) is 2. The second-order valence-electron chi connectivity index (χ2n) is 5.84. The molecule has 1 heterocycles. The van der Waals surface area contributed by atoms with Gasteiger partial charge < -0.3 is 20.3 Å². The van der Waals surface area contributed by atoms with Gasteiger partial charge in [0, 0.05) is 31.9 Å². The average Bonchev–Trinajstić information content (AvgIpc) is 2.96. The van der Waals surface area contributed by atoms with E-state index in [4.69, 9.17) is 17.0 Å². The van der Waals surface area contributed by atoms with Crippen LogP contribution in [-0.2, 0) is 4.74 Å². The lowest BCUT2D eigenvalue weighted by atomic mass is 10.1. The topological polar surface area (TPSA) is 114 Å². The van der Waals surface area contributed by atoms with Crippen LogP contribution in [0.1, 0.15) is 25.6 Å². The minimum Gasteiger partial charge on any atom is -0.465 e. The highest BCUT2D eigenvalue weighted by atomic mass is 32.1. The van der Waals surface area contributed by atoms with Gasteiger partial charge in [0.2, 0.25) is 0 Å². The molecule has 0 saturated carbocycles. The SMILES string of the molecule is COC(=O)c1c(NC(=S)Nc2cccc([N+](=O)[O-])c2)sc(C(=O)N(C)C)c1C. The molecule has 28 heavy (non-hydrogen) atoms. The molecule has 0 saturated heterocycles. The molecule has 0 aliphatic heterocycles. The lowest BCUT2D eigenvalue weighted by Crippen LogP contribution is -2.21. The zero-order chi connectivity index (χ0) is 21.0. The number of hydrogen-bond acceptors (Lipinski definition) is 7. The van der Waals surface area contributed by atoms with E-state index in [0.717, 1.165) is 11.3 Å². The van der Waals surface area contributed by atoms with Crippen LogP contribution in [0.2, 0.25) is 0 Å². The molecule has 1 amide bonds. The Labute approximate surface area is 170 Å². The van der Waals surface area contributed by atoms with E-state index in [1.165, 1.54) is 30.2 Å². The number of methoxy groups -OCH3 is 1. The monoisotopic (exact) mass is 422 g/mol. The Hall–Kier alpha value is -3.05. The normalized spacial score (nSPS) is 10.1.